The molecule has 4 heteroatoms. The molecule has 1 N–H and O–H groups in total. The Hall–Kier alpha value is -0.870. The molecule has 0 saturated heterocycles. The number of nitrogens with one attached hydrogen (secondary N) is 1. The van der Waals surface area contributed by atoms with Crippen molar-refractivity contribution in [2.45, 2.75) is 33.1 Å². The molecule has 1 aromatic carbocycles. The van der Waals surface area contributed by atoms with E-state index >= 15 is 0 Å². The molecule has 0 fully saturated rings. The first-order chi connectivity index (χ1) is 9.02. The fourth-order valence-corrected chi connectivity index (χ4v) is 2.36. The number of aryl methyl sites for hydroxylation is 1. The summed E-state index contributed by atoms with van der Waals surface area (Å²) in [4.78, 5) is 14.1. The van der Waals surface area contributed by atoms with E-state index in [-0.39, 0.29) is 5.91 Å². The van der Waals surface area contributed by atoms with E-state index < -0.39 is 0 Å². The Balaban J connectivity index is 2.38. The Morgan fingerprint density at radius 3 is 2.74 bits per heavy atom. The minimum Gasteiger partial charge on any atom is -0.325 e. The SMILES string of the molecule is CCCCN(C)CCC(=O)Nc1ccc(C)cc1Br. The summed E-state index contributed by atoms with van der Waals surface area (Å²) in [6.07, 6.45) is 2.90. The van der Waals surface area contributed by atoms with Gasteiger partial charge in [0.2, 0.25) is 5.91 Å². The van der Waals surface area contributed by atoms with E-state index in [9.17, 15) is 4.79 Å². The van der Waals surface area contributed by atoms with E-state index in [1.54, 1.807) is 0 Å². The zero-order valence-corrected chi connectivity index (χ0v) is 13.6. The zero-order chi connectivity index (χ0) is 14.3. The van der Waals surface area contributed by atoms with Gasteiger partial charge in [-0.1, -0.05) is 19.4 Å². The van der Waals surface area contributed by atoms with Crippen LogP contribution in [-0.4, -0.2) is 30.9 Å². The molecule has 0 unspecified atom stereocenters. The number of hydrogen-bond donors (Lipinski definition) is 1. The minimum atomic E-state index is 0.0629. The lowest BCUT2D eigenvalue weighted by Gasteiger charge is -2.16. The van der Waals surface area contributed by atoms with Crippen LogP contribution in [0.2, 0.25) is 0 Å². The summed E-state index contributed by atoms with van der Waals surface area (Å²) in [5.74, 6) is 0.0629. The molecule has 1 rings (SSSR count). The van der Waals surface area contributed by atoms with E-state index in [0.717, 1.165) is 23.2 Å². The van der Waals surface area contributed by atoms with Gasteiger partial charge in [-0.15, -0.1) is 0 Å². The van der Waals surface area contributed by atoms with Crippen molar-refractivity contribution in [3.05, 3.63) is 28.2 Å². The lowest BCUT2D eigenvalue weighted by Crippen LogP contribution is -2.25. The number of rotatable bonds is 7. The molecule has 1 amide bonds. The second-order valence-electron chi connectivity index (χ2n) is 4.94. The molecule has 0 radical (unpaired) electrons. The molecule has 19 heavy (non-hydrogen) atoms. The molecule has 0 aliphatic rings. The van der Waals surface area contributed by atoms with Gasteiger partial charge in [0.15, 0.2) is 0 Å². The number of amides is 1. The van der Waals surface area contributed by atoms with Crippen molar-refractivity contribution in [3.63, 3.8) is 0 Å². The fraction of sp³-hybridized carbons (Fsp3) is 0.533. The van der Waals surface area contributed by atoms with Gasteiger partial charge < -0.3 is 10.2 Å². The Labute approximate surface area is 124 Å². The van der Waals surface area contributed by atoms with Gasteiger partial charge in [-0.25, -0.2) is 0 Å². The van der Waals surface area contributed by atoms with Crippen molar-refractivity contribution in [3.8, 4) is 0 Å². The second-order valence-corrected chi connectivity index (χ2v) is 5.79. The van der Waals surface area contributed by atoms with E-state index in [1.165, 1.54) is 18.4 Å². The molecule has 0 bridgehead atoms. The third-order valence-corrected chi connectivity index (χ3v) is 3.67. The van der Waals surface area contributed by atoms with Crippen LogP contribution in [0.3, 0.4) is 0 Å². The minimum absolute atomic E-state index is 0.0629. The summed E-state index contributed by atoms with van der Waals surface area (Å²) in [6.45, 7) is 6.06. The number of benzene rings is 1. The first kappa shape index (κ1) is 16.2. The average molecular weight is 327 g/mol. The van der Waals surface area contributed by atoms with Crippen molar-refractivity contribution in [2.75, 3.05) is 25.5 Å². The maximum absolute atomic E-state index is 11.9. The zero-order valence-electron chi connectivity index (χ0n) is 12.0. The van der Waals surface area contributed by atoms with Gasteiger partial charge in [0.1, 0.15) is 0 Å². The highest BCUT2D eigenvalue weighted by atomic mass is 79.9. The van der Waals surface area contributed by atoms with Crippen molar-refractivity contribution in [1.82, 2.24) is 4.90 Å². The predicted molar refractivity (Wildman–Crippen MR) is 84.5 cm³/mol. The Morgan fingerprint density at radius 2 is 2.11 bits per heavy atom. The highest BCUT2D eigenvalue weighted by Gasteiger charge is 2.07. The summed E-state index contributed by atoms with van der Waals surface area (Å²) in [5.41, 5.74) is 2.01. The Morgan fingerprint density at radius 1 is 1.37 bits per heavy atom. The van der Waals surface area contributed by atoms with Crippen LogP contribution in [-0.2, 0) is 4.79 Å². The first-order valence-corrected chi connectivity index (χ1v) is 7.56. The van der Waals surface area contributed by atoms with E-state index in [4.69, 9.17) is 0 Å². The summed E-state index contributed by atoms with van der Waals surface area (Å²) >= 11 is 3.46. The van der Waals surface area contributed by atoms with E-state index in [0.29, 0.717) is 6.42 Å². The third kappa shape index (κ3) is 6.21. The topological polar surface area (TPSA) is 32.3 Å². The van der Waals surface area contributed by atoms with Gasteiger partial charge in [0.05, 0.1) is 5.69 Å². The van der Waals surface area contributed by atoms with Crippen LogP contribution >= 0.6 is 15.9 Å². The molecule has 0 aliphatic heterocycles. The molecule has 0 saturated carbocycles. The molecular weight excluding hydrogens is 304 g/mol. The van der Waals surface area contributed by atoms with Gasteiger partial charge in [-0.05, 0) is 60.6 Å². The highest BCUT2D eigenvalue weighted by molar-refractivity contribution is 9.10. The molecule has 0 heterocycles. The van der Waals surface area contributed by atoms with Crippen LogP contribution in [0.15, 0.2) is 22.7 Å². The molecule has 0 spiro atoms. The molecule has 1 aromatic rings. The van der Waals surface area contributed by atoms with Crippen molar-refractivity contribution in [2.24, 2.45) is 0 Å². The van der Waals surface area contributed by atoms with Gasteiger partial charge in [-0.2, -0.15) is 0 Å². The van der Waals surface area contributed by atoms with E-state index in [1.807, 2.05) is 25.1 Å². The maximum Gasteiger partial charge on any atom is 0.225 e. The lowest BCUT2D eigenvalue weighted by atomic mass is 10.2. The van der Waals surface area contributed by atoms with Crippen molar-refractivity contribution in [1.29, 1.82) is 0 Å². The van der Waals surface area contributed by atoms with Crippen LogP contribution in [0, 0.1) is 6.92 Å². The number of hydrogen-bond acceptors (Lipinski definition) is 2. The fourth-order valence-electron chi connectivity index (χ4n) is 1.77. The number of carbonyl (C=O) groups excluding carboxylic acids is 1. The summed E-state index contributed by atoms with van der Waals surface area (Å²) < 4.78 is 0.931. The normalized spacial score (nSPS) is 10.8. The molecule has 0 atom stereocenters. The van der Waals surface area contributed by atoms with Gasteiger partial charge >= 0.3 is 0 Å². The number of nitrogens with zero attached hydrogens (tertiary/aromatic N) is 1. The molecule has 0 aliphatic carbocycles. The number of unbranched alkanes of at least 4 members (excludes halogenated alkanes) is 1. The van der Waals surface area contributed by atoms with E-state index in [2.05, 4.69) is 40.1 Å². The van der Waals surface area contributed by atoms with Gasteiger partial charge in [0.25, 0.3) is 0 Å². The number of anilines is 1. The second kappa shape index (κ2) is 8.33. The summed E-state index contributed by atoms with van der Waals surface area (Å²) in [5, 5.41) is 2.94. The van der Waals surface area contributed by atoms with Gasteiger partial charge in [-0.3, -0.25) is 4.79 Å². The maximum atomic E-state index is 11.9. The van der Waals surface area contributed by atoms with Gasteiger partial charge in [0, 0.05) is 17.4 Å². The lowest BCUT2D eigenvalue weighted by molar-refractivity contribution is -0.116. The number of halogens is 1. The monoisotopic (exact) mass is 326 g/mol. The first-order valence-electron chi connectivity index (χ1n) is 6.77. The molecule has 0 aromatic heterocycles. The van der Waals surface area contributed by atoms with Crippen LogP contribution in [0.1, 0.15) is 31.7 Å². The highest BCUT2D eigenvalue weighted by Crippen LogP contribution is 2.23. The predicted octanol–water partition coefficient (Wildman–Crippen LogP) is 3.82. The summed E-state index contributed by atoms with van der Waals surface area (Å²) in [6, 6.07) is 5.93. The smallest absolute Gasteiger partial charge is 0.225 e. The third-order valence-electron chi connectivity index (χ3n) is 3.01. The average Bonchev–Trinajstić information content (AvgIpc) is 2.37. The standard InChI is InChI=1S/C15H23BrN2O/c1-4-5-9-18(3)10-8-15(19)17-14-7-6-12(2)11-13(14)16/h6-7,11H,4-5,8-10H2,1-3H3,(H,17,19). The Kier molecular flexibility index (Phi) is 7.10. The largest absolute Gasteiger partial charge is 0.325 e. The number of carbonyl (C=O) groups is 1. The van der Waals surface area contributed by atoms with Crippen LogP contribution < -0.4 is 5.32 Å². The van der Waals surface area contributed by atoms with Crippen molar-refractivity contribution >= 4 is 27.5 Å². The summed E-state index contributed by atoms with van der Waals surface area (Å²) in [7, 11) is 2.06. The van der Waals surface area contributed by atoms with Crippen LogP contribution in [0.25, 0.3) is 0 Å². The molecular formula is C15H23BrN2O. The van der Waals surface area contributed by atoms with Crippen LogP contribution in [0.4, 0.5) is 5.69 Å². The Bertz CT molecular complexity index is 421. The molecule has 3 nitrogen and oxygen atoms in total. The quantitative estimate of drug-likeness (QED) is 0.826. The van der Waals surface area contributed by atoms with Crippen molar-refractivity contribution < 1.29 is 4.79 Å². The van der Waals surface area contributed by atoms with Crippen LogP contribution in [0.5, 0.6) is 0 Å². The molecule has 106 valence electrons.